The van der Waals surface area contributed by atoms with E-state index in [0.29, 0.717) is 30.0 Å². The van der Waals surface area contributed by atoms with Crippen LogP contribution >= 0.6 is 0 Å². The van der Waals surface area contributed by atoms with Crippen molar-refractivity contribution in [2.75, 3.05) is 27.8 Å². The summed E-state index contributed by atoms with van der Waals surface area (Å²) in [6, 6.07) is 12.6. The van der Waals surface area contributed by atoms with E-state index in [9.17, 15) is 9.59 Å². The lowest BCUT2D eigenvalue weighted by molar-refractivity contribution is -0.123. The second-order valence-electron chi connectivity index (χ2n) is 7.71. The molecule has 2 aliphatic heterocycles. The number of benzene rings is 2. The summed E-state index contributed by atoms with van der Waals surface area (Å²) in [5.74, 6) is 0.601. The normalized spacial score (nSPS) is 22.2. The molecular weight excluding hydrogens is 368 g/mol. The van der Waals surface area contributed by atoms with Gasteiger partial charge in [0.2, 0.25) is 5.91 Å². The number of nitrogen functional groups attached to an aromatic ring is 2. The molecule has 2 amide bonds. The topological polar surface area (TPSA) is 102 Å². The molecule has 0 radical (unpaired) electrons. The molecule has 2 aliphatic rings. The van der Waals surface area contributed by atoms with Crippen molar-refractivity contribution in [1.82, 2.24) is 0 Å². The summed E-state index contributed by atoms with van der Waals surface area (Å²) < 4.78 is 5.90. The number of piperidine rings is 1. The van der Waals surface area contributed by atoms with Crippen LogP contribution in [0.5, 0.6) is 5.75 Å². The molecule has 2 atom stereocenters. The van der Waals surface area contributed by atoms with Gasteiger partial charge in [0, 0.05) is 42.9 Å². The van der Waals surface area contributed by atoms with Gasteiger partial charge in [-0.1, -0.05) is 0 Å². The predicted octanol–water partition coefficient (Wildman–Crippen LogP) is 2.94. The Hall–Kier alpha value is -3.22. The van der Waals surface area contributed by atoms with Crippen molar-refractivity contribution < 1.29 is 14.3 Å². The van der Waals surface area contributed by atoms with Crippen LogP contribution in [0.3, 0.4) is 0 Å². The maximum absolute atomic E-state index is 13.0. The third-order valence-electron chi connectivity index (χ3n) is 5.61. The molecule has 0 saturated carbocycles. The first-order chi connectivity index (χ1) is 13.9. The van der Waals surface area contributed by atoms with Gasteiger partial charge in [0.1, 0.15) is 5.75 Å². The fraction of sp³-hybridized carbons (Fsp3) is 0.364. The van der Waals surface area contributed by atoms with E-state index in [1.165, 1.54) is 0 Å². The molecule has 0 spiro atoms. The Balaban J connectivity index is 1.49. The number of hydrogen-bond acceptors (Lipinski definition) is 5. The van der Waals surface area contributed by atoms with Crippen molar-refractivity contribution in [2.45, 2.75) is 44.8 Å². The second-order valence-corrected chi connectivity index (χ2v) is 7.71. The molecule has 0 aliphatic carbocycles. The second kappa shape index (κ2) is 7.66. The Bertz CT molecular complexity index is 928. The lowest BCUT2D eigenvalue weighted by atomic mass is 10.1. The van der Waals surface area contributed by atoms with Crippen LogP contribution in [0.25, 0.3) is 0 Å². The third kappa shape index (κ3) is 3.72. The quantitative estimate of drug-likeness (QED) is 0.777. The molecule has 0 aromatic heterocycles. The van der Waals surface area contributed by atoms with Gasteiger partial charge in [0.15, 0.2) is 6.10 Å². The van der Waals surface area contributed by atoms with Crippen LogP contribution in [-0.2, 0) is 9.59 Å². The highest BCUT2D eigenvalue weighted by atomic mass is 16.5. The summed E-state index contributed by atoms with van der Waals surface area (Å²) in [6.45, 7) is 2.75. The Morgan fingerprint density at radius 1 is 0.966 bits per heavy atom. The van der Waals surface area contributed by atoms with E-state index in [4.69, 9.17) is 16.2 Å². The fourth-order valence-corrected chi connectivity index (χ4v) is 4.03. The van der Waals surface area contributed by atoms with Gasteiger partial charge in [-0.3, -0.25) is 9.59 Å². The SMILES string of the molecule is CC1CC(Oc2ccc(N)c(N)c2)C(=O)N1c1ccc(N2CCCCC2=O)cc1. The van der Waals surface area contributed by atoms with Crippen LogP contribution < -0.4 is 26.0 Å². The number of carbonyl (C=O) groups is 2. The highest BCUT2D eigenvalue weighted by Gasteiger charge is 2.39. The summed E-state index contributed by atoms with van der Waals surface area (Å²) in [7, 11) is 0. The number of rotatable bonds is 4. The van der Waals surface area contributed by atoms with E-state index in [1.807, 2.05) is 36.1 Å². The molecule has 2 unspecified atom stereocenters. The van der Waals surface area contributed by atoms with Gasteiger partial charge < -0.3 is 26.0 Å². The van der Waals surface area contributed by atoms with Gasteiger partial charge in [0.25, 0.3) is 5.91 Å². The number of amides is 2. The largest absolute Gasteiger partial charge is 0.480 e. The zero-order valence-electron chi connectivity index (χ0n) is 16.5. The van der Waals surface area contributed by atoms with Gasteiger partial charge in [-0.25, -0.2) is 0 Å². The highest BCUT2D eigenvalue weighted by Crippen LogP contribution is 2.32. The molecule has 4 rings (SSSR count). The van der Waals surface area contributed by atoms with Crippen molar-refractivity contribution in [3.8, 4) is 5.75 Å². The number of nitrogens with zero attached hydrogens (tertiary/aromatic N) is 2. The van der Waals surface area contributed by atoms with Crippen LogP contribution in [-0.4, -0.2) is 30.5 Å². The van der Waals surface area contributed by atoms with Crippen LogP contribution in [0.2, 0.25) is 0 Å². The van der Waals surface area contributed by atoms with Crippen LogP contribution in [0, 0.1) is 0 Å². The average Bonchev–Trinajstić information content (AvgIpc) is 2.98. The van der Waals surface area contributed by atoms with Crippen molar-refractivity contribution in [3.05, 3.63) is 42.5 Å². The van der Waals surface area contributed by atoms with E-state index in [-0.39, 0.29) is 17.9 Å². The average molecular weight is 394 g/mol. The van der Waals surface area contributed by atoms with Crippen molar-refractivity contribution in [3.63, 3.8) is 0 Å². The fourth-order valence-electron chi connectivity index (χ4n) is 4.03. The van der Waals surface area contributed by atoms with Gasteiger partial charge in [0.05, 0.1) is 11.4 Å². The molecule has 29 heavy (non-hydrogen) atoms. The number of nitrogens with two attached hydrogens (primary N) is 2. The summed E-state index contributed by atoms with van der Waals surface area (Å²) >= 11 is 0. The standard InChI is InChI=1S/C22H26N4O3/c1-14-12-20(29-17-9-10-18(23)19(24)13-17)22(28)26(14)16-7-5-15(6-8-16)25-11-3-2-4-21(25)27/h5-10,13-14,20H,2-4,11-12,23-24H2,1H3. The molecule has 7 nitrogen and oxygen atoms in total. The van der Waals surface area contributed by atoms with Crippen LogP contribution in [0.1, 0.15) is 32.6 Å². The molecule has 2 aromatic carbocycles. The first-order valence-corrected chi connectivity index (χ1v) is 9.99. The molecule has 0 bridgehead atoms. The van der Waals surface area contributed by atoms with Gasteiger partial charge in [-0.05, 0) is 56.2 Å². The first kappa shape index (κ1) is 19.1. The molecule has 2 heterocycles. The van der Waals surface area contributed by atoms with Gasteiger partial charge >= 0.3 is 0 Å². The third-order valence-corrected chi connectivity index (χ3v) is 5.61. The maximum Gasteiger partial charge on any atom is 0.268 e. The first-order valence-electron chi connectivity index (χ1n) is 9.99. The van der Waals surface area contributed by atoms with Crippen molar-refractivity contribution in [2.24, 2.45) is 0 Å². The van der Waals surface area contributed by atoms with E-state index in [1.54, 1.807) is 23.1 Å². The molecule has 2 saturated heterocycles. The maximum atomic E-state index is 13.0. The summed E-state index contributed by atoms with van der Waals surface area (Å²) in [5, 5.41) is 0. The van der Waals surface area contributed by atoms with Crippen LogP contribution in [0.15, 0.2) is 42.5 Å². The Labute approximate surface area is 170 Å². The lowest BCUT2D eigenvalue weighted by Gasteiger charge is -2.28. The Morgan fingerprint density at radius 3 is 2.38 bits per heavy atom. The molecule has 4 N–H and O–H groups in total. The molecule has 2 aromatic rings. The number of carbonyl (C=O) groups excluding carboxylic acids is 2. The molecular formula is C22H26N4O3. The Morgan fingerprint density at radius 2 is 1.69 bits per heavy atom. The Kier molecular flexibility index (Phi) is 5.05. The summed E-state index contributed by atoms with van der Waals surface area (Å²) in [5.41, 5.74) is 14.2. The minimum Gasteiger partial charge on any atom is -0.480 e. The minimum absolute atomic E-state index is 0.00102. The van der Waals surface area contributed by atoms with Crippen molar-refractivity contribution in [1.29, 1.82) is 0 Å². The van der Waals surface area contributed by atoms with E-state index < -0.39 is 6.10 Å². The minimum atomic E-state index is -0.573. The van der Waals surface area contributed by atoms with E-state index in [2.05, 4.69) is 0 Å². The predicted molar refractivity (Wildman–Crippen MR) is 114 cm³/mol. The van der Waals surface area contributed by atoms with E-state index in [0.717, 1.165) is 30.8 Å². The van der Waals surface area contributed by atoms with Gasteiger partial charge in [-0.15, -0.1) is 0 Å². The number of anilines is 4. The molecule has 2 fully saturated rings. The number of hydrogen-bond donors (Lipinski definition) is 2. The lowest BCUT2D eigenvalue weighted by Crippen LogP contribution is -2.36. The van der Waals surface area contributed by atoms with Crippen LogP contribution in [0.4, 0.5) is 22.7 Å². The summed E-state index contributed by atoms with van der Waals surface area (Å²) in [6.07, 6.45) is 2.57. The zero-order chi connectivity index (χ0) is 20.5. The van der Waals surface area contributed by atoms with Gasteiger partial charge in [-0.2, -0.15) is 0 Å². The van der Waals surface area contributed by atoms with E-state index >= 15 is 0 Å². The monoisotopic (exact) mass is 394 g/mol. The number of ether oxygens (including phenoxy) is 1. The summed E-state index contributed by atoms with van der Waals surface area (Å²) in [4.78, 5) is 28.7. The smallest absolute Gasteiger partial charge is 0.268 e. The van der Waals surface area contributed by atoms with Crippen molar-refractivity contribution >= 4 is 34.6 Å². The molecule has 152 valence electrons. The molecule has 7 heteroatoms. The zero-order valence-corrected chi connectivity index (χ0v) is 16.5. The highest BCUT2D eigenvalue weighted by molar-refractivity contribution is 6.00.